The summed E-state index contributed by atoms with van der Waals surface area (Å²) in [5.74, 6) is -1.31. The van der Waals surface area contributed by atoms with Crippen LogP contribution in [0.3, 0.4) is 0 Å². The van der Waals surface area contributed by atoms with Crippen LogP contribution in [0.15, 0.2) is 58.5 Å². The van der Waals surface area contributed by atoms with Crippen molar-refractivity contribution in [1.29, 1.82) is 0 Å². The quantitative estimate of drug-likeness (QED) is 0.268. The molecular formula is C35H37N5O7S2. The second kappa shape index (κ2) is 12.5. The number of para-hydroxylation sites is 1. The largest absolute Gasteiger partial charge is 0.484 e. The minimum absolute atomic E-state index is 0.159. The Labute approximate surface area is 287 Å². The fraction of sp³-hybridized carbons (Fsp3) is 0.457. The van der Waals surface area contributed by atoms with E-state index < -0.39 is 44.8 Å². The number of carbonyl (C=O) groups is 3. The number of furan rings is 1. The molecule has 4 aliphatic rings. The standard InChI is InChI=1S/C35H37N5O7S2/c41-29-12-6-4-2-1-3-5-9-21-19-35(21,34(43)39-49(44,45)23-13-14-23)38-32(42)26-17-22(20-40(26)29)46-28-18-25(33-36-15-16-48-33)37-30-24-10-7-8-11-27(24)47-31(28)30/h5,7-11,15-16,18,21-23,26H,1-4,6,12-14,17,19-20H2,(H,38,42)(H,39,43)/b9-5-/t21-,22-,26+,35-/m1/s1. The van der Waals surface area contributed by atoms with Crippen molar-refractivity contribution in [3.8, 4) is 16.5 Å². The molecule has 3 aromatic heterocycles. The molecule has 0 bridgehead atoms. The molecule has 2 aliphatic heterocycles. The van der Waals surface area contributed by atoms with Crippen LogP contribution in [0.4, 0.5) is 0 Å². The first-order valence-corrected chi connectivity index (χ1v) is 19.4. The lowest BCUT2D eigenvalue weighted by molar-refractivity contribution is -0.139. The fourth-order valence-electron chi connectivity index (χ4n) is 7.05. The topological polar surface area (TPSA) is 161 Å². The molecule has 3 fully saturated rings. The number of nitrogens with zero attached hydrogens (tertiary/aromatic N) is 3. The van der Waals surface area contributed by atoms with Crippen molar-refractivity contribution >= 4 is 61.2 Å². The molecule has 4 atom stereocenters. The van der Waals surface area contributed by atoms with E-state index >= 15 is 0 Å². The maximum absolute atomic E-state index is 14.1. The zero-order valence-corrected chi connectivity index (χ0v) is 28.4. The van der Waals surface area contributed by atoms with Gasteiger partial charge in [-0.15, -0.1) is 11.3 Å². The zero-order chi connectivity index (χ0) is 33.8. The second-order valence-electron chi connectivity index (χ2n) is 13.5. The molecule has 5 heterocycles. The Hall–Kier alpha value is -4.30. The number of ether oxygens (including phenoxy) is 1. The summed E-state index contributed by atoms with van der Waals surface area (Å²) in [5.41, 5.74) is 0.953. The van der Waals surface area contributed by atoms with E-state index in [0.717, 1.165) is 31.1 Å². The van der Waals surface area contributed by atoms with Crippen molar-refractivity contribution in [2.75, 3.05) is 6.54 Å². The Balaban J connectivity index is 1.10. The summed E-state index contributed by atoms with van der Waals surface area (Å²) in [6, 6.07) is 8.46. The smallest absolute Gasteiger partial charge is 0.259 e. The summed E-state index contributed by atoms with van der Waals surface area (Å²) in [4.78, 5) is 52.2. The third-order valence-electron chi connectivity index (χ3n) is 9.97. The molecule has 49 heavy (non-hydrogen) atoms. The van der Waals surface area contributed by atoms with Gasteiger partial charge in [0.1, 0.15) is 39.5 Å². The summed E-state index contributed by atoms with van der Waals surface area (Å²) < 4.78 is 40.5. The number of hydrogen-bond acceptors (Lipinski definition) is 10. The van der Waals surface area contributed by atoms with Gasteiger partial charge in [0.15, 0.2) is 11.3 Å². The van der Waals surface area contributed by atoms with Crippen molar-refractivity contribution in [3.63, 3.8) is 0 Å². The van der Waals surface area contributed by atoms with Crippen LogP contribution < -0.4 is 14.8 Å². The average Bonchev–Trinajstić information content (AvgIpc) is 3.87. The van der Waals surface area contributed by atoms with E-state index in [4.69, 9.17) is 14.1 Å². The van der Waals surface area contributed by atoms with Crippen molar-refractivity contribution < 1.29 is 32.0 Å². The molecule has 0 radical (unpaired) electrons. The SMILES string of the molecule is O=C1N[C@]2(C(=O)NS(=O)(=O)C3CC3)C[C@H]2/C=C\CCCCCCC(=O)N2C[C@H](Oc3cc(-c4nccs4)nc4c3oc3ccccc34)C[C@@H]12. The van der Waals surface area contributed by atoms with Crippen molar-refractivity contribution in [1.82, 2.24) is 24.9 Å². The highest BCUT2D eigenvalue weighted by Crippen LogP contribution is 2.46. The van der Waals surface area contributed by atoms with E-state index in [9.17, 15) is 22.8 Å². The number of hydrogen-bond donors (Lipinski definition) is 2. The summed E-state index contributed by atoms with van der Waals surface area (Å²) in [6.45, 7) is 0.159. The molecule has 2 aliphatic carbocycles. The minimum Gasteiger partial charge on any atom is -0.484 e. The first kappa shape index (κ1) is 31.9. The molecular weight excluding hydrogens is 667 g/mol. The van der Waals surface area contributed by atoms with E-state index in [1.807, 2.05) is 41.8 Å². The third kappa shape index (κ3) is 6.20. The predicted octanol–water partition coefficient (Wildman–Crippen LogP) is 4.85. The van der Waals surface area contributed by atoms with E-state index in [0.29, 0.717) is 52.4 Å². The normalized spacial score (nSPS) is 27.1. The van der Waals surface area contributed by atoms with Crippen LogP contribution in [0.1, 0.15) is 64.2 Å². The molecule has 12 nitrogen and oxygen atoms in total. The monoisotopic (exact) mass is 703 g/mol. The van der Waals surface area contributed by atoms with Crippen molar-refractivity contribution in [2.45, 2.75) is 87.1 Å². The number of pyridine rings is 1. The van der Waals surface area contributed by atoms with Gasteiger partial charge in [0.2, 0.25) is 21.8 Å². The molecule has 256 valence electrons. The number of allylic oxidation sites excluding steroid dienone is 1. The number of rotatable bonds is 6. The van der Waals surface area contributed by atoms with E-state index in [1.54, 1.807) is 17.2 Å². The lowest BCUT2D eigenvalue weighted by atomic mass is 10.1. The van der Waals surface area contributed by atoms with Crippen LogP contribution in [0.25, 0.3) is 32.8 Å². The van der Waals surface area contributed by atoms with Crippen molar-refractivity contribution in [2.24, 2.45) is 5.92 Å². The number of amides is 3. The number of sulfonamides is 1. The van der Waals surface area contributed by atoms with Gasteiger partial charge in [0.05, 0.1) is 11.8 Å². The molecule has 1 saturated heterocycles. The lowest BCUT2D eigenvalue weighted by Crippen LogP contribution is -2.56. The minimum atomic E-state index is -3.83. The Morgan fingerprint density at radius 3 is 2.80 bits per heavy atom. The Morgan fingerprint density at radius 1 is 1.14 bits per heavy atom. The molecule has 1 aromatic carbocycles. The van der Waals surface area contributed by atoms with Crippen LogP contribution in [0.2, 0.25) is 0 Å². The number of aromatic nitrogens is 2. The number of nitrogens with one attached hydrogen (secondary N) is 2. The average molecular weight is 704 g/mol. The highest BCUT2D eigenvalue weighted by atomic mass is 32.2. The van der Waals surface area contributed by atoms with Gasteiger partial charge in [-0.25, -0.2) is 18.4 Å². The van der Waals surface area contributed by atoms with Gasteiger partial charge in [-0.2, -0.15) is 0 Å². The Bertz CT molecular complexity index is 2070. The fourth-order valence-corrected chi connectivity index (χ4v) is 9.01. The summed E-state index contributed by atoms with van der Waals surface area (Å²) in [5, 5.41) is 5.75. The molecule has 0 unspecified atom stereocenters. The van der Waals surface area contributed by atoms with Crippen LogP contribution in [-0.4, -0.2) is 70.5 Å². The van der Waals surface area contributed by atoms with Crippen LogP contribution in [0.5, 0.6) is 5.75 Å². The van der Waals surface area contributed by atoms with E-state index in [1.165, 1.54) is 11.3 Å². The van der Waals surface area contributed by atoms with Crippen LogP contribution in [-0.2, 0) is 24.4 Å². The van der Waals surface area contributed by atoms with Gasteiger partial charge in [-0.1, -0.05) is 37.1 Å². The molecule has 2 N–H and O–H groups in total. The summed E-state index contributed by atoms with van der Waals surface area (Å²) in [7, 11) is -3.83. The molecule has 2 saturated carbocycles. The predicted molar refractivity (Wildman–Crippen MR) is 183 cm³/mol. The molecule has 4 aromatic rings. The highest BCUT2D eigenvalue weighted by Gasteiger charge is 2.62. The van der Waals surface area contributed by atoms with Crippen LogP contribution >= 0.6 is 11.3 Å². The molecule has 8 rings (SSSR count). The van der Waals surface area contributed by atoms with Gasteiger partial charge in [0, 0.05) is 41.8 Å². The van der Waals surface area contributed by atoms with E-state index in [-0.39, 0.29) is 37.6 Å². The summed E-state index contributed by atoms with van der Waals surface area (Å²) >= 11 is 1.45. The van der Waals surface area contributed by atoms with Gasteiger partial charge >= 0.3 is 0 Å². The zero-order valence-electron chi connectivity index (χ0n) is 26.8. The Kier molecular flexibility index (Phi) is 8.18. The third-order valence-corrected chi connectivity index (χ3v) is 12.6. The lowest BCUT2D eigenvalue weighted by Gasteiger charge is -2.26. The maximum atomic E-state index is 14.1. The number of fused-ring (bicyclic) bond motifs is 5. The van der Waals surface area contributed by atoms with Crippen molar-refractivity contribution in [3.05, 3.63) is 54.1 Å². The van der Waals surface area contributed by atoms with Crippen LogP contribution in [0, 0.1) is 5.92 Å². The van der Waals surface area contributed by atoms with Gasteiger partial charge in [0.25, 0.3) is 5.91 Å². The highest BCUT2D eigenvalue weighted by molar-refractivity contribution is 7.91. The first-order valence-electron chi connectivity index (χ1n) is 16.9. The number of carbonyl (C=O) groups excluding carboxylic acids is 3. The van der Waals surface area contributed by atoms with E-state index in [2.05, 4.69) is 15.0 Å². The Morgan fingerprint density at radius 2 is 1.98 bits per heavy atom. The second-order valence-corrected chi connectivity index (χ2v) is 16.3. The number of benzene rings is 1. The molecule has 3 amide bonds. The maximum Gasteiger partial charge on any atom is 0.259 e. The summed E-state index contributed by atoms with van der Waals surface area (Å²) in [6.07, 6.45) is 11.1. The number of thiazole rings is 1. The molecule has 14 heteroatoms. The van der Waals surface area contributed by atoms with Gasteiger partial charge in [-0.05, 0) is 50.7 Å². The molecule has 0 spiro atoms. The van der Waals surface area contributed by atoms with Gasteiger partial charge in [-0.3, -0.25) is 19.1 Å². The first-order chi connectivity index (χ1) is 23.7. The van der Waals surface area contributed by atoms with Gasteiger partial charge < -0.3 is 19.4 Å².